The van der Waals surface area contributed by atoms with Crippen molar-refractivity contribution in [2.45, 2.75) is 13.0 Å². The molecule has 0 aliphatic rings. The van der Waals surface area contributed by atoms with Crippen molar-refractivity contribution in [2.75, 3.05) is 5.73 Å². The quantitative estimate of drug-likeness (QED) is 0.697. The van der Waals surface area contributed by atoms with Gasteiger partial charge in [0, 0.05) is 10.9 Å². The second-order valence-corrected chi connectivity index (χ2v) is 7.01. The molecule has 1 atom stereocenters. The van der Waals surface area contributed by atoms with E-state index in [4.69, 9.17) is 17.3 Å². The van der Waals surface area contributed by atoms with Gasteiger partial charge in [0.2, 0.25) is 5.95 Å². The molecule has 0 saturated heterocycles. The number of hydrogen-bond donors (Lipinski definition) is 1. The van der Waals surface area contributed by atoms with Gasteiger partial charge < -0.3 is 10.3 Å². The van der Waals surface area contributed by atoms with E-state index in [0.29, 0.717) is 25.8 Å². The average molecular weight is 375 g/mol. The molecule has 0 saturated carbocycles. The molecule has 0 radical (unpaired) electrons. The van der Waals surface area contributed by atoms with Crippen LogP contribution in [0, 0.1) is 5.82 Å². The van der Waals surface area contributed by atoms with Crippen molar-refractivity contribution in [3.63, 3.8) is 0 Å². The minimum absolute atomic E-state index is 0.0573. The lowest BCUT2D eigenvalue weighted by Crippen LogP contribution is -2.09. The number of benzene rings is 1. The number of thiophene rings is 1. The Labute approximate surface area is 132 Å². The molecule has 1 unspecified atom stereocenters. The maximum absolute atomic E-state index is 13.8. The largest absolute Gasteiger partial charge is 0.369 e. The molecule has 0 aliphatic carbocycles. The monoisotopic (exact) mass is 373 g/mol. The Morgan fingerprint density at radius 1 is 1.45 bits per heavy atom. The van der Waals surface area contributed by atoms with Gasteiger partial charge in [-0.05, 0) is 41.1 Å². The number of aromatic nitrogens is 2. The van der Waals surface area contributed by atoms with Crippen molar-refractivity contribution in [1.82, 2.24) is 9.55 Å². The van der Waals surface area contributed by atoms with Crippen LogP contribution in [0.2, 0.25) is 4.34 Å². The van der Waals surface area contributed by atoms with Gasteiger partial charge in [0.15, 0.2) is 0 Å². The van der Waals surface area contributed by atoms with E-state index in [1.165, 1.54) is 17.4 Å². The fourth-order valence-electron chi connectivity index (χ4n) is 2.20. The molecule has 0 amide bonds. The summed E-state index contributed by atoms with van der Waals surface area (Å²) in [5.41, 5.74) is 7.31. The highest BCUT2D eigenvalue weighted by Gasteiger charge is 2.18. The van der Waals surface area contributed by atoms with Gasteiger partial charge in [0.05, 0.1) is 25.9 Å². The van der Waals surface area contributed by atoms with E-state index in [1.54, 1.807) is 6.07 Å². The second-order valence-electron chi connectivity index (χ2n) is 4.41. The smallest absolute Gasteiger partial charge is 0.201 e. The Morgan fingerprint density at radius 3 is 2.85 bits per heavy atom. The lowest BCUT2D eigenvalue weighted by Gasteiger charge is -2.14. The molecule has 0 bridgehead atoms. The van der Waals surface area contributed by atoms with E-state index in [0.717, 1.165) is 4.88 Å². The van der Waals surface area contributed by atoms with Gasteiger partial charge in [-0.15, -0.1) is 11.3 Å². The number of hydrogen-bond acceptors (Lipinski definition) is 3. The molecule has 0 spiro atoms. The van der Waals surface area contributed by atoms with Crippen LogP contribution in [0.3, 0.4) is 0 Å². The summed E-state index contributed by atoms with van der Waals surface area (Å²) in [6.45, 7) is 1.99. The molecule has 104 valence electrons. The van der Waals surface area contributed by atoms with Crippen LogP contribution in [0.25, 0.3) is 11.0 Å². The van der Waals surface area contributed by atoms with Crippen molar-refractivity contribution in [3.8, 4) is 0 Å². The molecular weight excluding hydrogens is 365 g/mol. The Balaban J connectivity index is 2.20. The number of halogens is 3. The fourth-order valence-corrected chi connectivity index (χ4v) is 3.63. The molecule has 7 heteroatoms. The van der Waals surface area contributed by atoms with Crippen LogP contribution in [0.4, 0.5) is 10.3 Å². The van der Waals surface area contributed by atoms with E-state index in [2.05, 4.69) is 20.9 Å². The van der Waals surface area contributed by atoms with E-state index in [1.807, 2.05) is 23.6 Å². The van der Waals surface area contributed by atoms with Crippen LogP contribution in [-0.2, 0) is 0 Å². The first kappa shape index (κ1) is 13.9. The van der Waals surface area contributed by atoms with Crippen LogP contribution in [0.5, 0.6) is 0 Å². The Kier molecular flexibility index (Phi) is 3.48. The zero-order chi connectivity index (χ0) is 14.4. The predicted octanol–water partition coefficient (Wildman–Crippen LogP) is 4.84. The van der Waals surface area contributed by atoms with E-state index in [-0.39, 0.29) is 11.9 Å². The molecular formula is C13H10BrClFN3S. The summed E-state index contributed by atoms with van der Waals surface area (Å²) in [5, 5.41) is 0. The van der Waals surface area contributed by atoms with Gasteiger partial charge in [-0.25, -0.2) is 9.37 Å². The number of nitrogen functional groups attached to an aromatic ring is 1. The van der Waals surface area contributed by atoms with Crippen LogP contribution in [0.1, 0.15) is 17.8 Å². The van der Waals surface area contributed by atoms with E-state index < -0.39 is 0 Å². The zero-order valence-corrected chi connectivity index (χ0v) is 13.6. The highest BCUT2D eigenvalue weighted by atomic mass is 79.9. The van der Waals surface area contributed by atoms with Crippen LogP contribution < -0.4 is 5.73 Å². The first-order valence-electron chi connectivity index (χ1n) is 5.85. The number of nitrogens with two attached hydrogens (primary N) is 1. The third kappa shape index (κ3) is 2.21. The fraction of sp³-hybridized carbons (Fsp3) is 0.154. The first-order chi connectivity index (χ1) is 9.47. The van der Waals surface area contributed by atoms with Gasteiger partial charge in [-0.3, -0.25) is 0 Å². The highest BCUT2D eigenvalue weighted by molar-refractivity contribution is 9.10. The standard InChI is InChI=1S/C13H10BrClFN3S/c1-6(11-2-3-12(15)20-11)19-10-5-8(16)7(14)4-9(10)18-13(19)17/h2-6H,1H3,(H2,17,18). The average Bonchev–Trinajstić information content (AvgIpc) is 2.93. The SMILES string of the molecule is CC(c1ccc(Cl)s1)n1c(N)nc2cc(Br)c(F)cc21. The summed E-state index contributed by atoms with van der Waals surface area (Å²) < 4.78 is 16.7. The summed E-state index contributed by atoms with van der Waals surface area (Å²) in [7, 11) is 0. The van der Waals surface area contributed by atoms with Crippen LogP contribution >= 0.6 is 38.9 Å². The van der Waals surface area contributed by atoms with Crippen molar-refractivity contribution >= 4 is 55.8 Å². The van der Waals surface area contributed by atoms with Gasteiger partial charge in [-0.1, -0.05) is 11.6 Å². The number of nitrogens with zero attached hydrogens (tertiary/aromatic N) is 2. The topological polar surface area (TPSA) is 43.8 Å². The van der Waals surface area contributed by atoms with Crippen LogP contribution in [0.15, 0.2) is 28.7 Å². The minimum Gasteiger partial charge on any atom is -0.369 e. The molecule has 0 fully saturated rings. The molecule has 3 rings (SSSR count). The summed E-state index contributed by atoms with van der Waals surface area (Å²) in [6.07, 6.45) is 0. The third-order valence-electron chi connectivity index (χ3n) is 3.15. The minimum atomic E-state index is -0.338. The third-order valence-corrected chi connectivity index (χ3v) is 5.16. The van der Waals surface area contributed by atoms with Crippen molar-refractivity contribution in [3.05, 3.63) is 43.8 Å². The lowest BCUT2D eigenvalue weighted by molar-refractivity contribution is 0.619. The Morgan fingerprint density at radius 2 is 2.20 bits per heavy atom. The van der Waals surface area contributed by atoms with Crippen LogP contribution in [-0.4, -0.2) is 9.55 Å². The molecule has 2 aromatic heterocycles. The number of imidazole rings is 1. The van der Waals surface area contributed by atoms with Crippen molar-refractivity contribution < 1.29 is 4.39 Å². The first-order valence-corrected chi connectivity index (χ1v) is 7.84. The normalized spacial score (nSPS) is 13.0. The molecule has 20 heavy (non-hydrogen) atoms. The lowest BCUT2D eigenvalue weighted by atomic mass is 10.2. The molecule has 1 aromatic carbocycles. The molecule has 2 N–H and O–H groups in total. The summed E-state index contributed by atoms with van der Waals surface area (Å²) in [6, 6.07) is 6.79. The molecule has 3 nitrogen and oxygen atoms in total. The second kappa shape index (κ2) is 5.02. The molecule has 2 heterocycles. The Bertz CT molecular complexity index is 798. The molecule has 3 aromatic rings. The van der Waals surface area contributed by atoms with E-state index >= 15 is 0 Å². The van der Waals surface area contributed by atoms with Gasteiger partial charge in [0.1, 0.15) is 5.82 Å². The van der Waals surface area contributed by atoms with E-state index in [9.17, 15) is 4.39 Å². The zero-order valence-electron chi connectivity index (χ0n) is 10.4. The summed E-state index contributed by atoms with van der Waals surface area (Å²) in [5.74, 6) is 0.0181. The van der Waals surface area contributed by atoms with Gasteiger partial charge >= 0.3 is 0 Å². The number of rotatable bonds is 2. The highest BCUT2D eigenvalue weighted by Crippen LogP contribution is 2.34. The maximum atomic E-state index is 13.8. The summed E-state index contributed by atoms with van der Waals surface area (Å²) in [4.78, 5) is 5.33. The van der Waals surface area contributed by atoms with Crippen molar-refractivity contribution in [1.29, 1.82) is 0 Å². The number of fused-ring (bicyclic) bond motifs is 1. The summed E-state index contributed by atoms with van der Waals surface area (Å²) >= 11 is 10.6. The van der Waals surface area contributed by atoms with Gasteiger partial charge in [-0.2, -0.15) is 0 Å². The number of anilines is 1. The predicted molar refractivity (Wildman–Crippen MR) is 84.9 cm³/mol. The van der Waals surface area contributed by atoms with Crippen molar-refractivity contribution in [2.24, 2.45) is 0 Å². The molecule has 0 aliphatic heterocycles. The Hall–Kier alpha value is -1.11. The van der Waals surface area contributed by atoms with Gasteiger partial charge in [0.25, 0.3) is 0 Å². The maximum Gasteiger partial charge on any atom is 0.201 e.